The fraction of sp³-hybridized carbons (Fsp3) is 0.444. The van der Waals surface area contributed by atoms with Gasteiger partial charge in [0.1, 0.15) is 12.1 Å². The van der Waals surface area contributed by atoms with Crippen molar-refractivity contribution in [1.29, 1.82) is 0 Å². The van der Waals surface area contributed by atoms with Gasteiger partial charge in [0.15, 0.2) is 0 Å². The van der Waals surface area contributed by atoms with E-state index in [2.05, 4.69) is 15.3 Å². The molecular weight excluding hydrogens is 180 g/mol. The molecule has 1 aromatic rings. The number of primary amides is 1. The molecule has 76 valence electrons. The number of hydrogen-bond acceptors (Lipinski definition) is 4. The van der Waals surface area contributed by atoms with E-state index >= 15 is 0 Å². The first-order chi connectivity index (χ1) is 6.68. The highest BCUT2D eigenvalue weighted by Gasteiger charge is 1.96. The minimum atomic E-state index is -0.273. The molecule has 0 aliphatic carbocycles. The number of carbonyl (C=O) groups is 1. The van der Waals surface area contributed by atoms with Gasteiger partial charge in [-0.15, -0.1) is 0 Å². The summed E-state index contributed by atoms with van der Waals surface area (Å²) < 4.78 is 0. The molecule has 0 bridgehead atoms. The van der Waals surface area contributed by atoms with E-state index in [0.717, 1.165) is 17.9 Å². The molecule has 1 heterocycles. The van der Waals surface area contributed by atoms with Gasteiger partial charge in [-0.25, -0.2) is 9.97 Å². The molecule has 0 radical (unpaired) electrons. The van der Waals surface area contributed by atoms with Crippen molar-refractivity contribution >= 4 is 11.7 Å². The lowest BCUT2D eigenvalue weighted by molar-refractivity contribution is -0.118. The Hall–Kier alpha value is -1.65. The molecule has 0 aliphatic rings. The van der Waals surface area contributed by atoms with E-state index in [-0.39, 0.29) is 5.91 Å². The van der Waals surface area contributed by atoms with Gasteiger partial charge in [0.25, 0.3) is 0 Å². The number of nitrogens with two attached hydrogens (primary N) is 1. The summed E-state index contributed by atoms with van der Waals surface area (Å²) in [7, 11) is 0. The third kappa shape index (κ3) is 3.84. The van der Waals surface area contributed by atoms with Crippen LogP contribution in [0, 0.1) is 6.92 Å². The molecule has 1 rings (SSSR count). The number of hydrogen-bond donors (Lipinski definition) is 2. The fourth-order valence-corrected chi connectivity index (χ4v) is 1.03. The lowest BCUT2D eigenvalue weighted by Crippen LogP contribution is -2.13. The zero-order chi connectivity index (χ0) is 10.4. The molecule has 0 unspecified atom stereocenters. The Morgan fingerprint density at radius 2 is 2.36 bits per heavy atom. The Morgan fingerprint density at radius 1 is 1.57 bits per heavy atom. The maximum absolute atomic E-state index is 10.4. The molecular formula is C9H14N4O. The summed E-state index contributed by atoms with van der Waals surface area (Å²) in [6.07, 6.45) is 2.63. The number of amides is 1. The molecule has 0 aliphatic heterocycles. The first kappa shape index (κ1) is 10.4. The van der Waals surface area contributed by atoms with Crippen LogP contribution in [-0.2, 0) is 4.79 Å². The predicted molar refractivity (Wildman–Crippen MR) is 53.7 cm³/mol. The fourth-order valence-electron chi connectivity index (χ4n) is 1.03. The summed E-state index contributed by atoms with van der Waals surface area (Å²) in [5.74, 6) is 0.507. The first-order valence-corrected chi connectivity index (χ1v) is 4.49. The highest BCUT2D eigenvalue weighted by Crippen LogP contribution is 2.02. The Kier molecular flexibility index (Phi) is 3.84. The summed E-state index contributed by atoms with van der Waals surface area (Å²) in [5, 5.41) is 3.08. The molecule has 5 heteroatoms. The lowest BCUT2D eigenvalue weighted by Gasteiger charge is -2.03. The Bertz CT molecular complexity index is 313. The molecule has 1 aromatic heterocycles. The molecule has 0 aromatic carbocycles. The lowest BCUT2D eigenvalue weighted by atomic mass is 10.3. The van der Waals surface area contributed by atoms with Crippen LogP contribution in [0.15, 0.2) is 12.4 Å². The highest BCUT2D eigenvalue weighted by molar-refractivity contribution is 5.73. The minimum absolute atomic E-state index is 0.273. The van der Waals surface area contributed by atoms with Crippen molar-refractivity contribution in [3.8, 4) is 0 Å². The van der Waals surface area contributed by atoms with Crippen LogP contribution < -0.4 is 11.1 Å². The number of aryl methyl sites for hydroxylation is 1. The van der Waals surface area contributed by atoms with E-state index in [0.29, 0.717) is 13.0 Å². The standard InChI is InChI=1S/C9H14N4O/c1-7-5-9(13-6-12-7)11-4-2-3-8(10)14/h5-6H,2-4H2,1H3,(H2,10,14)(H,11,12,13). The smallest absolute Gasteiger partial charge is 0.217 e. The van der Waals surface area contributed by atoms with Crippen molar-refractivity contribution in [2.45, 2.75) is 19.8 Å². The van der Waals surface area contributed by atoms with Crippen LogP contribution in [-0.4, -0.2) is 22.4 Å². The van der Waals surface area contributed by atoms with Crippen LogP contribution in [0.3, 0.4) is 0 Å². The molecule has 0 saturated heterocycles. The second kappa shape index (κ2) is 5.16. The van der Waals surface area contributed by atoms with Crippen LogP contribution in [0.4, 0.5) is 5.82 Å². The van der Waals surface area contributed by atoms with Crippen molar-refractivity contribution in [2.24, 2.45) is 5.73 Å². The summed E-state index contributed by atoms with van der Waals surface area (Å²) >= 11 is 0. The molecule has 5 nitrogen and oxygen atoms in total. The Balaban J connectivity index is 2.28. The van der Waals surface area contributed by atoms with E-state index in [1.807, 2.05) is 13.0 Å². The molecule has 14 heavy (non-hydrogen) atoms. The zero-order valence-electron chi connectivity index (χ0n) is 8.16. The number of anilines is 1. The SMILES string of the molecule is Cc1cc(NCCCC(N)=O)ncn1. The molecule has 0 fully saturated rings. The second-order valence-electron chi connectivity index (χ2n) is 3.04. The van der Waals surface area contributed by atoms with Gasteiger partial charge in [-0.3, -0.25) is 4.79 Å². The van der Waals surface area contributed by atoms with Gasteiger partial charge in [0, 0.05) is 24.7 Å². The van der Waals surface area contributed by atoms with Crippen LogP contribution in [0.2, 0.25) is 0 Å². The van der Waals surface area contributed by atoms with E-state index in [1.54, 1.807) is 0 Å². The number of aromatic nitrogens is 2. The highest BCUT2D eigenvalue weighted by atomic mass is 16.1. The number of carbonyl (C=O) groups excluding carboxylic acids is 1. The van der Waals surface area contributed by atoms with Crippen LogP contribution in [0.25, 0.3) is 0 Å². The van der Waals surface area contributed by atoms with E-state index in [9.17, 15) is 4.79 Å². The molecule has 0 atom stereocenters. The average Bonchev–Trinajstić information content (AvgIpc) is 2.12. The topological polar surface area (TPSA) is 80.9 Å². The number of nitrogens with zero attached hydrogens (tertiary/aromatic N) is 2. The monoisotopic (exact) mass is 194 g/mol. The summed E-state index contributed by atoms with van der Waals surface area (Å²) in [5.41, 5.74) is 5.92. The molecule has 1 amide bonds. The van der Waals surface area contributed by atoms with Crippen molar-refractivity contribution < 1.29 is 4.79 Å². The maximum atomic E-state index is 10.4. The summed E-state index contributed by atoms with van der Waals surface area (Å²) in [6.45, 7) is 2.59. The molecule has 0 spiro atoms. The third-order valence-corrected chi connectivity index (χ3v) is 1.71. The quantitative estimate of drug-likeness (QED) is 0.667. The van der Waals surface area contributed by atoms with Crippen molar-refractivity contribution in [1.82, 2.24) is 9.97 Å². The van der Waals surface area contributed by atoms with Gasteiger partial charge in [-0.2, -0.15) is 0 Å². The van der Waals surface area contributed by atoms with Crippen molar-refractivity contribution in [2.75, 3.05) is 11.9 Å². The van der Waals surface area contributed by atoms with Gasteiger partial charge in [-0.1, -0.05) is 0 Å². The van der Waals surface area contributed by atoms with Crippen LogP contribution in [0.1, 0.15) is 18.5 Å². The Morgan fingerprint density at radius 3 is 3.00 bits per heavy atom. The maximum Gasteiger partial charge on any atom is 0.217 e. The zero-order valence-corrected chi connectivity index (χ0v) is 8.16. The minimum Gasteiger partial charge on any atom is -0.370 e. The molecule has 3 N–H and O–H groups in total. The summed E-state index contributed by atoms with van der Waals surface area (Å²) in [6, 6.07) is 1.85. The van der Waals surface area contributed by atoms with Crippen LogP contribution in [0.5, 0.6) is 0 Å². The largest absolute Gasteiger partial charge is 0.370 e. The number of rotatable bonds is 5. The van der Waals surface area contributed by atoms with Gasteiger partial charge in [-0.05, 0) is 13.3 Å². The first-order valence-electron chi connectivity index (χ1n) is 4.49. The van der Waals surface area contributed by atoms with Crippen molar-refractivity contribution in [3.63, 3.8) is 0 Å². The third-order valence-electron chi connectivity index (χ3n) is 1.71. The van der Waals surface area contributed by atoms with E-state index in [1.165, 1.54) is 6.33 Å². The molecule has 0 saturated carbocycles. The van der Waals surface area contributed by atoms with Crippen molar-refractivity contribution in [3.05, 3.63) is 18.1 Å². The second-order valence-corrected chi connectivity index (χ2v) is 3.04. The Labute approximate surface area is 82.7 Å². The van der Waals surface area contributed by atoms with E-state index in [4.69, 9.17) is 5.73 Å². The summed E-state index contributed by atoms with van der Waals surface area (Å²) in [4.78, 5) is 18.4. The van der Waals surface area contributed by atoms with Gasteiger partial charge < -0.3 is 11.1 Å². The van der Waals surface area contributed by atoms with Gasteiger partial charge >= 0.3 is 0 Å². The predicted octanol–water partition coefficient (Wildman–Crippen LogP) is 0.462. The normalized spacial score (nSPS) is 9.79. The number of nitrogens with one attached hydrogen (secondary N) is 1. The van der Waals surface area contributed by atoms with E-state index < -0.39 is 0 Å². The average molecular weight is 194 g/mol. The van der Waals surface area contributed by atoms with Gasteiger partial charge in [0.2, 0.25) is 5.91 Å². The van der Waals surface area contributed by atoms with Gasteiger partial charge in [0.05, 0.1) is 0 Å². The van der Waals surface area contributed by atoms with Crippen LogP contribution >= 0.6 is 0 Å².